The largest absolute Gasteiger partial charge is 0.507 e. The van der Waals surface area contributed by atoms with Gasteiger partial charge in [0.25, 0.3) is 0 Å². The number of rotatable bonds is 4. The van der Waals surface area contributed by atoms with Crippen molar-refractivity contribution in [2.24, 2.45) is 29.4 Å². The third kappa shape index (κ3) is 3.72. The summed E-state index contributed by atoms with van der Waals surface area (Å²) in [6, 6.07) is 0.647. The van der Waals surface area contributed by atoms with Crippen molar-refractivity contribution in [3.05, 3.63) is 39.9 Å². The molecule has 4 N–H and O–H groups in total. The van der Waals surface area contributed by atoms with Crippen molar-refractivity contribution in [3.63, 3.8) is 0 Å². The third-order valence-corrected chi connectivity index (χ3v) is 8.95. The molecule has 2 saturated carbocycles. The maximum atomic E-state index is 14.1. The van der Waals surface area contributed by atoms with Gasteiger partial charge < -0.3 is 20.8 Å². The first kappa shape index (κ1) is 27.2. The Labute approximate surface area is 230 Å². The van der Waals surface area contributed by atoms with E-state index in [0.717, 1.165) is 0 Å². The molecule has 1 aromatic rings. The molecule has 6 atom stereocenters. The summed E-state index contributed by atoms with van der Waals surface area (Å²) in [5.74, 6) is -10.6. The zero-order chi connectivity index (χ0) is 28.7. The number of amides is 1. The lowest BCUT2D eigenvalue weighted by molar-refractivity contribution is -0.181. The summed E-state index contributed by atoms with van der Waals surface area (Å²) in [4.78, 5) is 70.1. The molecule has 0 aromatic heterocycles. The maximum absolute atomic E-state index is 14.1. The molecule has 0 saturated heterocycles. The monoisotopic (exact) mass is 555 g/mol. The van der Waals surface area contributed by atoms with Crippen molar-refractivity contribution < 1.29 is 34.2 Å². The van der Waals surface area contributed by atoms with E-state index in [2.05, 4.69) is 0 Å². The summed E-state index contributed by atoms with van der Waals surface area (Å²) in [5.41, 5.74) is 4.90. The minimum absolute atomic E-state index is 0.00393. The molecule has 2 fully saturated rings. The number of likely N-dealkylation sites (N-methyl/N-ethyl adjacent to an activating group) is 1. The number of phenolic OH excluding ortho intramolecular Hbond substituents is 1. The minimum Gasteiger partial charge on any atom is -0.507 e. The summed E-state index contributed by atoms with van der Waals surface area (Å²) < 4.78 is 0. The van der Waals surface area contributed by atoms with Crippen molar-refractivity contribution in [2.75, 3.05) is 33.1 Å². The first-order chi connectivity index (χ1) is 18.2. The summed E-state index contributed by atoms with van der Waals surface area (Å²) in [6.45, 7) is 0. The average molecular weight is 556 g/mol. The highest BCUT2D eigenvalue weighted by molar-refractivity contribution is 6.33. The highest BCUT2D eigenvalue weighted by Gasteiger charge is 2.69. The fraction of sp³-hybridized carbons (Fsp3) is 0.464. The molecule has 10 nitrogen and oxygen atoms in total. The van der Waals surface area contributed by atoms with Gasteiger partial charge in [0, 0.05) is 42.7 Å². The maximum Gasteiger partial charge on any atom is 0.235 e. The van der Waals surface area contributed by atoms with E-state index >= 15 is 0 Å². The van der Waals surface area contributed by atoms with E-state index < -0.39 is 64.4 Å². The molecular weight excluding hydrogens is 526 g/mol. The fourth-order valence-corrected chi connectivity index (χ4v) is 7.18. The number of nitrogens with two attached hydrogens (primary N) is 1. The quantitative estimate of drug-likeness (QED) is 0.458. The molecule has 4 aliphatic rings. The van der Waals surface area contributed by atoms with Gasteiger partial charge in [-0.15, -0.1) is 0 Å². The number of Topliss-reactive ketones (excluding diaryl/α,β-unsaturated/α-hetero) is 4. The molecule has 1 amide bonds. The number of primary amides is 1. The van der Waals surface area contributed by atoms with Crippen molar-refractivity contribution >= 4 is 51.9 Å². The van der Waals surface area contributed by atoms with Crippen molar-refractivity contribution in [1.82, 2.24) is 4.90 Å². The van der Waals surface area contributed by atoms with Crippen LogP contribution in [0.15, 0.2) is 23.3 Å². The van der Waals surface area contributed by atoms with Crippen molar-refractivity contribution in [1.29, 1.82) is 0 Å². The molecule has 11 heteroatoms. The Kier molecular flexibility index (Phi) is 6.36. The van der Waals surface area contributed by atoms with Crippen LogP contribution in [0, 0.1) is 23.7 Å². The summed E-state index contributed by atoms with van der Waals surface area (Å²) in [6.07, 6.45) is 4.02. The van der Waals surface area contributed by atoms with Gasteiger partial charge in [-0.1, -0.05) is 17.7 Å². The lowest BCUT2D eigenvalue weighted by atomic mass is 9.52. The minimum atomic E-state index is -2.75. The number of anilines is 1. The molecule has 0 heterocycles. The second kappa shape index (κ2) is 9.11. The number of fused-ring (bicyclic) bond motifs is 3. The molecule has 5 rings (SSSR count). The molecule has 1 aromatic carbocycles. The predicted octanol–water partition coefficient (Wildman–Crippen LogP) is 0.843. The van der Waals surface area contributed by atoms with Gasteiger partial charge in [0.1, 0.15) is 5.75 Å². The molecule has 2 unspecified atom stereocenters. The molecule has 0 spiro atoms. The topological polar surface area (TPSA) is 158 Å². The van der Waals surface area contributed by atoms with E-state index in [1.54, 1.807) is 46.4 Å². The second-order valence-corrected chi connectivity index (χ2v) is 11.8. The predicted molar refractivity (Wildman–Crippen MR) is 142 cm³/mol. The van der Waals surface area contributed by atoms with Gasteiger partial charge in [0.05, 0.1) is 17.5 Å². The van der Waals surface area contributed by atoms with Gasteiger partial charge in [0.15, 0.2) is 34.7 Å². The molecule has 0 radical (unpaired) electrons. The average Bonchev–Trinajstić information content (AvgIpc) is 3.26. The highest BCUT2D eigenvalue weighted by Crippen LogP contribution is 2.53. The Morgan fingerprint density at radius 1 is 1.10 bits per heavy atom. The van der Waals surface area contributed by atoms with Crippen LogP contribution in [0.2, 0.25) is 0 Å². The number of carbonyl (C=O) groups excluding carboxylic acids is 5. The third-order valence-electron chi connectivity index (χ3n) is 8.69. The summed E-state index contributed by atoms with van der Waals surface area (Å²) >= 11 is 6.15. The Morgan fingerprint density at radius 3 is 2.31 bits per heavy atom. The number of allylic oxidation sites excluding steroid dienone is 4. The number of carbonyl (C=O) groups is 5. The SMILES string of the molecule is CN(C)c1cc(C2=CC=C(Cl)C2)c(O)c2c1C[C@@H]1C[C@@H]3[C@@H](N(C)C)C(=O)C(C(N)=O)C(=O)[C@]3(O)C(=O)C1C2=O. The smallest absolute Gasteiger partial charge is 0.235 e. The van der Waals surface area contributed by atoms with E-state index in [-0.39, 0.29) is 24.2 Å². The summed E-state index contributed by atoms with van der Waals surface area (Å²) in [5, 5.41) is 23.6. The van der Waals surface area contributed by atoms with Crippen LogP contribution in [-0.4, -0.2) is 84.0 Å². The number of phenols is 1. The first-order valence-electron chi connectivity index (χ1n) is 12.7. The van der Waals surface area contributed by atoms with Crippen LogP contribution in [0.1, 0.15) is 34.3 Å². The molecule has 4 aliphatic carbocycles. The lowest BCUT2D eigenvalue weighted by Gasteiger charge is -2.52. The number of halogens is 1. The van der Waals surface area contributed by atoms with Gasteiger partial charge in [-0.25, -0.2) is 0 Å². The van der Waals surface area contributed by atoms with Crippen LogP contribution in [0.3, 0.4) is 0 Å². The van der Waals surface area contributed by atoms with E-state index in [1.807, 2.05) is 4.90 Å². The lowest BCUT2D eigenvalue weighted by Crippen LogP contribution is -2.74. The van der Waals surface area contributed by atoms with Crippen molar-refractivity contribution in [2.45, 2.75) is 30.9 Å². The van der Waals surface area contributed by atoms with Gasteiger partial charge in [-0.05, 0) is 56.1 Å². The normalized spacial score (nSPS) is 31.9. The van der Waals surface area contributed by atoms with E-state index in [4.69, 9.17) is 17.3 Å². The highest BCUT2D eigenvalue weighted by atomic mass is 35.5. The Morgan fingerprint density at radius 2 is 1.77 bits per heavy atom. The Bertz CT molecular complexity index is 1430. The van der Waals surface area contributed by atoms with Gasteiger partial charge in [-0.2, -0.15) is 0 Å². The Balaban J connectivity index is 1.67. The van der Waals surface area contributed by atoms with Crippen LogP contribution in [-0.2, 0) is 25.6 Å². The van der Waals surface area contributed by atoms with Crippen LogP contribution in [0.4, 0.5) is 5.69 Å². The van der Waals surface area contributed by atoms with Gasteiger partial charge in [-0.3, -0.25) is 28.9 Å². The van der Waals surface area contributed by atoms with Gasteiger partial charge >= 0.3 is 0 Å². The molecule has 0 bridgehead atoms. The second-order valence-electron chi connectivity index (χ2n) is 11.3. The van der Waals surface area contributed by atoms with Crippen LogP contribution in [0.25, 0.3) is 5.57 Å². The standard InChI is InChI=1S/C28H30ClN3O7/c1-31(2)17-10-14(11-5-6-13(29)7-11)22(33)19-15(17)8-12-9-16-21(32(3)4)24(35)20(27(30)38)26(37)28(16,39)25(36)18(12)23(19)34/h5-6,10,12,16,18,20-21,33,39H,7-9H2,1-4H3,(H2,30,38)/t12-,16-,18?,20?,21-,28-/m1/s1. The zero-order valence-electron chi connectivity index (χ0n) is 22.0. The molecule has 206 valence electrons. The van der Waals surface area contributed by atoms with Gasteiger partial charge in [0.2, 0.25) is 5.91 Å². The van der Waals surface area contributed by atoms with Crippen LogP contribution < -0.4 is 10.6 Å². The number of nitrogens with zero attached hydrogens (tertiary/aromatic N) is 2. The van der Waals surface area contributed by atoms with E-state index in [1.165, 1.54) is 4.90 Å². The van der Waals surface area contributed by atoms with Crippen molar-refractivity contribution in [3.8, 4) is 5.75 Å². The van der Waals surface area contributed by atoms with Crippen LogP contribution >= 0.6 is 11.6 Å². The number of hydrogen-bond acceptors (Lipinski definition) is 9. The van der Waals surface area contributed by atoms with E-state index in [0.29, 0.717) is 33.8 Å². The fourth-order valence-electron chi connectivity index (χ4n) is 6.97. The number of ketones is 4. The number of benzene rings is 1. The van der Waals surface area contributed by atoms with E-state index in [9.17, 15) is 34.2 Å². The summed E-state index contributed by atoms with van der Waals surface area (Å²) in [7, 11) is 6.71. The van der Waals surface area contributed by atoms with Crippen LogP contribution in [0.5, 0.6) is 5.75 Å². The number of hydrogen-bond donors (Lipinski definition) is 3. The first-order valence-corrected chi connectivity index (χ1v) is 13.1. The number of aromatic hydroxyl groups is 1. The zero-order valence-corrected chi connectivity index (χ0v) is 22.8. The number of aliphatic hydroxyl groups is 1. The molecule has 39 heavy (non-hydrogen) atoms. The molecular formula is C28H30ClN3O7. The molecule has 0 aliphatic heterocycles. The Hall–Kier alpha value is -3.34.